The Hall–Kier alpha value is -0.610. The third-order valence-corrected chi connectivity index (χ3v) is 3.27. The summed E-state index contributed by atoms with van der Waals surface area (Å²) in [7, 11) is 2.31. The summed E-state index contributed by atoms with van der Waals surface area (Å²) >= 11 is 0. The number of aliphatic hydroxyl groups excluding tert-OH is 1. The number of ether oxygens (including phenoxy) is 1. The highest BCUT2D eigenvalue weighted by molar-refractivity contribution is 7.13. The van der Waals surface area contributed by atoms with Crippen LogP contribution in [-0.4, -0.2) is 23.9 Å². The molecular formula is C11H14F2NO2P. The maximum absolute atomic E-state index is 13.6. The van der Waals surface area contributed by atoms with Gasteiger partial charge in [-0.05, 0) is 24.6 Å². The van der Waals surface area contributed by atoms with E-state index < -0.39 is 23.8 Å². The van der Waals surface area contributed by atoms with Gasteiger partial charge < -0.3 is 9.84 Å². The SMILES string of the molecule is OC1CO[C@H](c2cc(F)ccc2F)[C@@H](NP)C1. The van der Waals surface area contributed by atoms with Gasteiger partial charge in [-0.2, -0.15) is 0 Å². The molecule has 2 N–H and O–H groups in total. The molecule has 1 heterocycles. The number of rotatable bonds is 2. The molecule has 2 rings (SSSR count). The van der Waals surface area contributed by atoms with Gasteiger partial charge in [0.1, 0.15) is 17.7 Å². The molecule has 0 amide bonds. The fourth-order valence-electron chi connectivity index (χ4n) is 2.01. The zero-order valence-corrected chi connectivity index (χ0v) is 10.2. The van der Waals surface area contributed by atoms with Gasteiger partial charge in [-0.25, -0.2) is 8.78 Å². The zero-order chi connectivity index (χ0) is 12.4. The molecule has 4 atom stereocenters. The molecule has 1 fully saturated rings. The van der Waals surface area contributed by atoms with Gasteiger partial charge in [-0.1, -0.05) is 9.39 Å². The van der Waals surface area contributed by atoms with Crippen LogP contribution in [0.4, 0.5) is 8.78 Å². The highest BCUT2D eigenvalue weighted by Gasteiger charge is 2.32. The Bertz CT molecular complexity index is 405. The second-order valence-electron chi connectivity index (χ2n) is 4.08. The van der Waals surface area contributed by atoms with Crippen molar-refractivity contribution in [3.63, 3.8) is 0 Å². The topological polar surface area (TPSA) is 41.5 Å². The minimum atomic E-state index is -0.591. The molecule has 0 saturated carbocycles. The smallest absolute Gasteiger partial charge is 0.129 e. The first-order valence-electron chi connectivity index (χ1n) is 5.32. The number of benzene rings is 1. The molecule has 1 aromatic rings. The van der Waals surface area contributed by atoms with Gasteiger partial charge in [-0.15, -0.1) is 0 Å². The van der Waals surface area contributed by atoms with Crippen LogP contribution in [0.5, 0.6) is 0 Å². The van der Waals surface area contributed by atoms with E-state index in [0.29, 0.717) is 6.42 Å². The fourth-order valence-corrected chi connectivity index (χ4v) is 2.32. The van der Waals surface area contributed by atoms with E-state index in [2.05, 4.69) is 14.5 Å². The van der Waals surface area contributed by atoms with Crippen LogP contribution >= 0.6 is 9.39 Å². The van der Waals surface area contributed by atoms with Crippen molar-refractivity contribution in [1.82, 2.24) is 5.09 Å². The van der Waals surface area contributed by atoms with E-state index >= 15 is 0 Å². The van der Waals surface area contributed by atoms with Crippen molar-refractivity contribution in [3.8, 4) is 0 Å². The molecule has 17 heavy (non-hydrogen) atoms. The van der Waals surface area contributed by atoms with Crippen LogP contribution in [0, 0.1) is 11.6 Å². The Morgan fingerprint density at radius 2 is 2.18 bits per heavy atom. The summed E-state index contributed by atoms with van der Waals surface area (Å²) in [5.41, 5.74) is 0.178. The molecule has 94 valence electrons. The Kier molecular flexibility index (Phi) is 4.05. The molecule has 0 radical (unpaired) electrons. The normalized spacial score (nSPS) is 29.3. The molecule has 0 bridgehead atoms. The summed E-state index contributed by atoms with van der Waals surface area (Å²) < 4.78 is 32.1. The fraction of sp³-hybridized carbons (Fsp3) is 0.455. The molecule has 1 aromatic carbocycles. The average molecular weight is 261 g/mol. The third-order valence-electron chi connectivity index (χ3n) is 2.84. The van der Waals surface area contributed by atoms with Crippen molar-refractivity contribution in [2.75, 3.05) is 6.61 Å². The van der Waals surface area contributed by atoms with Crippen LogP contribution in [0.1, 0.15) is 18.1 Å². The molecule has 0 aromatic heterocycles. The zero-order valence-electron chi connectivity index (χ0n) is 9.07. The molecule has 0 spiro atoms. The lowest BCUT2D eigenvalue weighted by molar-refractivity contribution is -0.0726. The predicted molar refractivity (Wildman–Crippen MR) is 62.3 cm³/mol. The van der Waals surface area contributed by atoms with Gasteiger partial charge in [0.15, 0.2) is 0 Å². The van der Waals surface area contributed by atoms with Gasteiger partial charge >= 0.3 is 0 Å². The largest absolute Gasteiger partial charge is 0.391 e. The summed E-state index contributed by atoms with van der Waals surface area (Å²) in [5, 5.41) is 12.3. The second kappa shape index (κ2) is 5.36. The van der Waals surface area contributed by atoms with Crippen LogP contribution in [0.15, 0.2) is 18.2 Å². The molecule has 1 saturated heterocycles. The number of hydrogen-bond acceptors (Lipinski definition) is 3. The Morgan fingerprint density at radius 1 is 1.41 bits per heavy atom. The summed E-state index contributed by atoms with van der Waals surface area (Å²) in [6, 6.07) is 3.02. The minimum absolute atomic E-state index is 0.128. The van der Waals surface area contributed by atoms with Crippen molar-refractivity contribution < 1.29 is 18.6 Å². The molecule has 0 aliphatic carbocycles. The maximum Gasteiger partial charge on any atom is 0.129 e. The van der Waals surface area contributed by atoms with Crippen molar-refractivity contribution in [1.29, 1.82) is 0 Å². The van der Waals surface area contributed by atoms with Crippen LogP contribution in [0.25, 0.3) is 0 Å². The van der Waals surface area contributed by atoms with E-state index in [9.17, 15) is 13.9 Å². The van der Waals surface area contributed by atoms with Crippen LogP contribution in [0.3, 0.4) is 0 Å². The molecule has 1 aliphatic heterocycles. The second-order valence-corrected chi connectivity index (χ2v) is 4.42. The Morgan fingerprint density at radius 3 is 2.88 bits per heavy atom. The molecular weight excluding hydrogens is 247 g/mol. The van der Waals surface area contributed by atoms with E-state index in [1.807, 2.05) is 0 Å². The van der Waals surface area contributed by atoms with E-state index in [1.54, 1.807) is 0 Å². The van der Waals surface area contributed by atoms with Crippen LogP contribution < -0.4 is 5.09 Å². The highest BCUT2D eigenvalue weighted by atomic mass is 31.0. The minimum Gasteiger partial charge on any atom is -0.391 e. The summed E-state index contributed by atoms with van der Waals surface area (Å²) in [6.45, 7) is 0.128. The Labute approximate surface area is 100 Å². The van der Waals surface area contributed by atoms with Gasteiger partial charge in [0.25, 0.3) is 0 Å². The molecule has 6 heteroatoms. The van der Waals surface area contributed by atoms with Gasteiger partial charge in [0.2, 0.25) is 0 Å². The van der Waals surface area contributed by atoms with Crippen LogP contribution in [0.2, 0.25) is 0 Å². The van der Waals surface area contributed by atoms with Crippen molar-refractivity contribution in [2.24, 2.45) is 0 Å². The highest BCUT2D eigenvalue weighted by Crippen LogP contribution is 2.31. The van der Waals surface area contributed by atoms with E-state index in [0.717, 1.165) is 18.2 Å². The number of aliphatic hydroxyl groups is 1. The molecule has 1 aliphatic rings. The van der Waals surface area contributed by atoms with E-state index in [4.69, 9.17) is 4.74 Å². The predicted octanol–water partition coefficient (Wildman–Crippen LogP) is 1.54. The number of hydrogen-bond donors (Lipinski definition) is 2. The van der Waals surface area contributed by atoms with Gasteiger partial charge in [0.05, 0.1) is 12.7 Å². The van der Waals surface area contributed by atoms with Crippen molar-refractivity contribution in [2.45, 2.75) is 24.7 Å². The first-order chi connectivity index (χ1) is 8.11. The van der Waals surface area contributed by atoms with E-state index in [-0.39, 0.29) is 18.2 Å². The van der Waals surface area contributed by atoms with Gasteiger partial charge in [0, 0.05) is 11.6 Å². The third kappa shape index (κ3) is 2.80. The lowest BCUT2D eigenvalue weighted by Crippen LogP contribution is -2.41. The van der Waals surface area contributed by atoms with E-state index in [1.165, 1.54) is 0 Å². The standard InChI is InChI=1S/C11H14F2NO2P/c12-6-1-2-9(13)8(3-6)11-10(14-17)4-7(15)5-16-11/h1-3,7,10-11,14-15H,4-5,17H2/t7?,10-,11+/m0/s1. The number of nitrogens with one attached hydrogen (secondary N) is 1. The first-order valence-corrected chi connectivity index (χ1v) is 5.90. The summed E-state index contributed by atoms with van der Waals surface area (Å²) in [5.74, 6) is -1.00. The first kappa shape index (κ1) is 12.8. The average Bonchev–Trinajstić information content (AvgIpc) is 2.32. The lowest BCUT2D eigenvalue weighted by Gasteiger charge is -2.34. The quantitative estimate of drug-likeness (QED) is 0.793. The van der Waals surface area contributed by atoms with Crippen LogP contribution in [-0.2, 0) is 4.74 Å². The van der Waals surface area contributed by atoms with Crippen molar-refractivity contribution in [3.05, 3.63) is 35.4 Å². The molecule has 2 unspecified atom stereocenters. The molecule has 3 nitrogen and oxygen atoms in total. The summed E-state index contributed by atoms with van der Waals surface area (Å²) in [6.07, 6.45) is -0.739. The maximum atomic E-state index is 13.6. The number of halogens is 2. The monoisotopic (exact) mass is 261 g/mol. The van der Waals surface area contributed by atoms with Crippen molar-refractivity contribution >= 4 is 9.39 Å². The lowest BCUT2D eigenvalue weighted by atomic mass is 9.95. The Balaban J connectivity index is 2.28. The summed E-state index contributed by atoms with van der Waals surface area (Å²) in [4.78, 5) is 0. The van der Waals surface area contributed by atoms with Gasteiger partial charge in [-0.3, -0.25) is 5.09 Å².